The van der Waals surface area contributed by atoms with Crippen molar-refractivity contribution in [2.75, 3.05) is 26.7 Å². The number of aliphatic hydroxyl groups excluding tert-OH is 2. The van der Waals surface area contributed by atoms with E-state index < -0.39 is 6.10 Å². The third kappa shape index (κ3) is 6.18. The van der Waals surface area contributed by atoms with Gasteiger partial charge >= 0.3 is 0 Å². The molecule has 0 bridgehead atoms. The van der Waals surface area contributed by atoms with Gasteiger partial charge in [-0.25, -0.2) is 0 Å². The van der Waals surface area contributed by atoms with Gasteiger partial charge in [0.2, 0.25) is 0 Å². The summed E-state index contributed by atoms with van der Waals surface area (Å²) in [5.74, 6) is 0. The molecule has 0 aromatic heterocycles. The van der Waals surface area contributed by atoms with Gasteiger partial charge in [-0.1, -0.05) is 12.2 Å². The number of rotatable bonds is 5. The lowest BCUT2D eigenvalue weighted by Gasteiger charge is -2.17. The summed E-state index contributed by atoms with van der Waals surface area (Å²) in [5, 5.41) is 17.4. The van der Waals surface area contributed by atoms with Crippen molar-refractivity contribution in [3.8, 4) is 0 Å². The molecule has 0 rings (SSSR count). The first-order chi connectivity index (χ1) is 5.06. The second-order valence-electron chi connectivity index (χ2n) is 2.50. The van der Waals surface area contributed by atoms with Gasteiger partial charge in [0.05, 0.1) is 17.7 Å². The molecule has 0 saturated carbocycles. The van der Waals surface area contributed by atoms with Crippen LogP contribution >= 0.6 is 12.2 Å². The van der Waals surface area contributed by atoms with Crippen molar-refractivity contribution in [3.05, 3.63) is 0 Å². The Morgan fingerprint density at radius 3 is 2.64 bits per heavy atom. The Kier molecular flexibility index (Phi) is 5.31. The fourth-order valence-corrected chi connectivity index (χ4v) is 0.968. The third-order valence-electron chi connectivity index (χ3n) is 1.16. The zero-order valence-electron chi connectivity index (χ0n) is 6.53. The van der Waals surface area contributed by atoms with Crippen molar-refractivity contribution in [3.63, 3.8) is 0 Å². The Hall–Kier alpha value is -0.230. The smallest absolute Gasteiger partial charge is 0.0897 e. The molecule has 0 fully saturated rings. The molecule has 4 nitrogen and oxygen atoms in total. The number of aliphatic hydroxyl groups is 2. The third-order valence-corrected chi connectivity index (χ3v) is 1.29. The van der Waals surface area contributed by atoms with Crippen LogP contribution in [0.3, 0.4) is 0 Å². The maximum Gasteiger partial charge on any atom is 0.0897 e. The van der Waals surface area contributed by atoms with Crippen LogP contribution in [0.25, 0.3) is 0 Å². The molecule has 0 aliphatic carbocycles. The Labute approximate surface area is 71.6 Å². The van der Waals surface area contributed by atoms with E-state index in [1.807, 2.05) is 0 Å². The minimum absolute atomic E-state index is 0.234. The molecule has 5 heteroatoms. The highest BCUT2D eigenvalue weighted by Gasteiger charge is 2.06. The van der Waals surface area contributed by atoms with Crippen molar-refractivity contribution in [2.24, 2.45) is 5.73 Å². The summed E-state index contributed by atoms with van der Waals surface area (Å²) < 4.78 is 0. The van der Waals surface area contributed by atoms with E-state index in [4.69, 9.17) is 15.9 Å². The minimum atomic E-state index is -0.714. The molecule has 0 aromatic rings. The van der Waals surface area contributed by atoms with Crippen molar-refractivity contribution >= 4 is 17.2 Å². The molecule has 66 valence electrons. The number of nitrogens with two attached hydrogens (primary N) is 1. The molecule has 0 aromatic carbocycles. The van der Waals surface area contributed by atoms with Gasteiger partial charge in [0, 0.05) is 13.1 Å². The highest BCUT2D eigenvalue weighted by molar-refractivity contribution is 7.80. The number of hydrogen-bond acceptors (Lipinski definition) is 4. The Morgan fingerprint density at radius 1 is 1.73 bits per heavy atom. The average Bonchev–Trinajstić information content (AvgIpc) is 1.85. The fourth-order valence-electron chi connectivity index (χ4n) is 0.748. The van der Waals surface area contributed by atoms with Gasteiger partial charge in [-0.05, 0) is 7.05 Å². The summed E-state index contributed by atoms with van der Waals surface area (Å²) in [6.07, 6.45) is -0.714. The summed E-state index contributed by atoms with van der Waals surface area (Å²) in [7, 11) is 1.78. The van der Waals surface area contributed by atoms with Gasteiger partial charge in [0.25, 0.3) is 0 Å². The van der Waals surface area contributed by atoms with E-state index in [0.29, 0.717) is 18.1 Å². The molecule has 0 aliphatic heterocycles. The van der Waals surface area contributed by atoms with Crippen LogP contribution in [0.2, 0.25) is 0 Å². The molecule has 0 aliphatic rings. The number of likely N-dealkylation sites (N-methyl/N-ethyl adjacent to an activating group) is 1. The molecule has 0 amide bonds. The van der Waals surface area contributed by atoms with Gasteiger partial charge in [-0.15, -0.1) is 0 Å². The zero-order valence-corrected chi connectivity index (χ0v) is 7.34. The average molecular weight is 178 g/mol. The standard InChI is InChI=1S/C6H14N2O2S/c1-8(3-6(7)11)2-5(10)4-9/h5,9-10H,2-4H2,1H3,(H2,7,11). The van der Waals surface area contributed by atoms with Crippen molar-refractivity contribution in [2.45, 2.75) is 6.10 Å². The van der Waals surface area contributed by atoms with Gasteiger partial charge in [0.1, 0.15) is 0 Å². The van der Waals surface area contributed by atoms with E-state index in [1.54, 1.807) is 11.9 Å². The monoisotopic (exact) mass is 178 g/mol. The Bertz CT molecular complexity index is 132. The van der Waals surface area contributed by atoms with Crippen LogP contribution in [0, 0.1) is 0 Å². The molecule has 4 N–H and O–H groups in total. The SMILES string of the molecule is CN(CC(N)=S)CC(O)CO. The van der Waals surface area contributed by atoms with E-state index in [2.05, 4.69) is 12.2 Å². The highest BCUT2D eigenvalue weighted by Crippen LogP contribution is 1.87. The van der Waals surface area contributed by atoms with E-state index in [-0.39, 0.29) is 6.61 Å². The van der Waals surface area contributed by atoms with Crippen LogP contribution in [-0.2, 0) is 0 Å². The maximum absolute atomic E-state index is 8.97. The van der Waals surface area contributed by atoms with Crippen molar-refractivity contribution in [1.29, 1.82) is 0 Å². The topological polar surface area (TPSA) is 69.7 Å². The van der Waals surface area contributed by atoms with Gasteiger partial charge in [-0.2, -0.15) is 0 Å². The van der Waals surface area contributed by atoms with Crippen LogP contribution in [0.1, 0.15) is 0 Å². The lowest BCUT2D eigenvalue weighted by molar-refractivity contribution is 0.0705. The van der Waals surface area contributed by atoms with E-state index in [1.165, 1.54) is 0 Å². The fraction of sp³-hybridized carbons (Fsp3) is 0.833. The number of thiocarbonyl (C=S) groups is 1. The molecular formula is C6H14N2O2S. The normalized spacial score (nSPS) is 13.5. The van der Waals surface area contributed by atoms with Gasteiger partial charge < -0.3 is 15.9 Å². The number of hydrogen-bond donors (Lipinski definition) is 3. The van der Waals surface area contributed by atoms with E-state index in [9.17, 15) is 0 Å². The van der Waals surface area contributed by atoms with Crippen LogP contribution < -0.4 is 5.73 Å². The molecule has 1 atom stereocenters. The predicted molar refractivity (Wildman–Crippen MR) is 47.4 cm³/mol. The summed E-state index contributed by atoms with van der Waals surface area (Å²) in [4.78, 5) is 2.14. The highest BCUT2D eigenvalue weighted by atomic mass is 32.1. The van der Waals surface area contributed by atoms with Gasteiger partial charge in [0.15, 0.2) is 0 Å². The molecule has 0 radical (unpaired) electrons. The molecule has 0 heterocycles. The number of nitrogens with zero attached hydrogens (tertiary/aromatic N) is 1. The molecule has 0 spiro atoms. The van der Waals surface area contributed by atoms with Gasteiger partial charge in [-0.3, -0.25) is 4.90 Å². The molecule has 11 heavy (non-hydrogen) atoms. The van der Waals surface area contributed by atoms with Crippen molar-refractivity contribution in [1.82, 2.24) is 4.90 Å². The minimum Gasteiger partial charge on any atom is -0.394 e. The quantitative estimate of drug-likeness (QED) is 0.450. The lowest BCUT2D eigenvalue weighted by Crippen LogP contribution is -2.36. The van der Waals surface area contributed by atoms with Crippen LogP contribution in [0.15, 0.2) is 0 Å². The molecular weight excluding hydrogens is 164 g/mol. The largest absolute Gasteiger partial charge is 0.394 e. The van der Waals surface area contributed by atoms with Crippen LogP contribution in [0.4, 0.5) is 0 Å². The summed E-state index contributed by atoms with van der Waals surface area (Å²) in [6, 6.07) is 0. The first-order valence-electron chi connectivity index (χ1n) is 3.32. The first kappa shape index (κ1) is 10.8. The first-order valence-corrected chi connectivity index (χ1v) is 3.73. The second-order valence-corrected chi connectivity index (χ2v) is 3.02. The lowest BCUT2D eigenvalue weighted by atomic mass is 10.3. The van der Waals surface area contributed by atoms with E-state index in [0.717, 1.165) is 0 Å². The summed E-state index contributed by atoms with van der Waals surface area (Å²) in [6.45, 7) is 0.613. The van der Waals surface area contributed by atoms with E-state index >= 15 is 0 Å². The Morgan fingerprint density at radius 2 is 2.27 bits per heavy atom. The molecule has 0 saturated heterocycles. The van der Waals surface area contributed by atoms with Crippen LogP contribution in [-0.4, -0.2) is 52.9 Å². The summed E-state index contributed by atoms with van der Waals surface area (Å²) >= 11 is 4.65. The maximum atomic E-state index is 8.97. The zero-order chi connectivity index (χ0) is 8.85. The predicted octanol–water partition coefficient (Wildman–Crippen LogP) is -1.44. The Balaban J connectivity index is 3.51. The van der Waals surface area contributed by atoms with Crippen molar-refractivity contribution < 1.29 is 10.2 Å². The second kappa shape index (κ2) is 5.42. The van der Waals surface area contributed by atoms with Crippen LogP contribution in [0.5, 0.6) is 0 Å². The molecule has 1 unspecified atom stereocenters. The summed E-state index contributed by atoms with van der Waals surface area (Å²) in [5.41, 5.74) is 5.26.